The van der Waals surface area contributed by atoms with Gasteiger partial charge in [-0.1, -0.05) is 44.5 Å². The van der Waals surface area contributed by atoms with E-state index in [4.69, 9.17) is 16.6 Å². The molecule has 0 bridgehead atoms. The van der Waals surface area contributed by atoms with Crippen molar-refractivity contribution in [2.45, 2.75) is 33.7 Å². The van der Waals surface area contributed by atoms with Crippen molar-refractivity contribution in [3.63, 3.8) is 0 Å². The van der Waals surface area contributed by atoms with Gasteiger partial charge in [-0.05, 0) is 17.5 Å². The summed E-state index contributed by atoms with van der Waals surface area (Å²) >= 11 is 7.64. The lowest BCUT2D eigenvalue weighted by Gasteiger charge is -2.35. The Morgan fingerprint density at radius 2 is 1.81 bits per heavy atom. The van der Waals surface area contributed by atoms with E-state index in [1.54, 1.807) is 11.3 Å². The number of piperazine rings is 1. The molecule has 0 spiro atoms. The average molecular weight is 392 g/mol. The second-order valence-corrected chi connectivity index (χ2v) is 9.41. The first-order valence-electron chi connectivity index (χ1n) is 9.01. The Hall–Kier alpha value is -1.43. The van der Waals surface area contributed by atoms with Crippen LogP contribution in [0.3, 0.4) is 0 Å². The Labute approximate surface area is 164 Å². The summed E-state index contributed by atoms with van der Waals surface area (Å²) in [7, 11) is 0. The normalized spacial score (nSPS) is 16.1. The Morgan fingerprint density at radius 1 is 1.15 bits per heavy atom. The number of benzene rings is 1. The predicted octanol–water partition coefficient (Wildman–Crippen LogP) is 4.54. The second kappa shape index (κ2) is 8.07. The molecule has 1 aromatic carbocycles. The number of carbonyl (C=O) groups excluding carboxylic acids is 1. The van der Waals surface area contributed by atoms with Crippen LogP contribution in [0.1, 0.15) is 32.2 Å². The van der Waals surface area contributed by atoms with Crippen molar-refractivity contribution in [2.24, 2.45) is 5.41 Å². The van der Waals surface area contributed by atoms with Gasteiger partial charge in [0, 0.05) is 48.6 Å². The maximum Gasteiger partial charge on any atom is 0.223 e. The third-order valence-electron chi connectivity index (χ3n) is 4.46. The van der Waals surface area contributed by atoms with Crippen molar-refractivity contribution < 1.29 is 4.79 Å². The van der Waals surface area contributed by atoms with Gasteiger partial charge in [0.05, 0.1) is 12.2 Å². The Bertz CT molecular complexity index is 743. The van der Waals surface area contributed by atoms with Gasteiger partial charge in [-0.25, -0.2) is 4.98 Å². The minimum absolute atomic E-state index is 0.0488. The molecular formula is C20H26ClN3OS. The molecule has 3 rings (SSSR count). The summed E-state index contributed by atoms with van der Waals surface area (Å²) in [5, 5.41) is 3.95. The lowest BCUT2D eigenvalue weighted by Crippen LogP contribution is -2.48. The maximum absolute atomic E-state index is 12.4. The van der Waals surface area contributed by atoms with E-state index in [2.05, 4.69) is 31.1 Å². The van der Waals surface area contributed by atoms with Gasteiger partial charge in [-0.2, -0.15) is 0 Å². The topological polar surface area (TPSA) is 36.4 Å². The van der Waals surface area contributed by atoms with Crippen LogP contribution >= 0.6 is 22.9 Å². The fraction of sp³-hybridized carbons (Fsp3) is 0.500. The van der Waals surface area contributed by atoms with Gasteiger partial charge in [0.15, 0.2) is 0 Å². The van der Waals surface area contributed by atoms with Crippen LogP contribution in [0.15, 0.2) is 29.6 Å². The summed E-state index contributed by atoms with van der Waals surface area (Å²) in [5.74, 6) is 0.274. The molecule has 1 fully saturated rings. The number of thiazole rings is 1. The zero-order valence-electron chi connectivity index (χ0n) is 15.7. The van der Waals surface area contributed by atoms with Gasteiger partial charge in [0.25, 0.3) is 0 Å². The van der Waals surface area contributed by atoms with E-state index in [0.717, 1.165) is 54.0 Å². The van der Waals surface area contributed by atoms with Crippen LogP contribution < -0.4 is 0 Å². The molecule has 0 atom stereocenters. The van der Waals surface area contributed by atoms with E-state index in [9.17, 15) is 4.79 Å². The van der Waals surface area contributed by atoms with Crippen molar-refractivity contribution in [2.75, 3.05) is 26.2 Å². The molecule has 0 radical (unpaired) electrons. The first-order chi connectivity index (χ1) is 12.3. The van der Waals surface area contributed by atoms with Crippen LogP contribution in [0.5, 0.6) is 0 Å². The number of nitrogens with zero attached hydrogens (tertiary/aromatic N) is 3. The molecule has 0 saturated carbocycles. The minimum atomic E-state index is 0.0488. The third kappa shape index (κ3) is 5.29. The standard InChI is InChI=1S/C20H26ClN3OS/c1-20(2,3)12-19(25)24-10-8-23(9-11-24)13-18-22-17(14-26-18)15-4-6-16(21)7-5-15/h4-7,14H,8-13H2,1-3H3. The Balaban J connectivity index is 1.52. The zero-order chi connectivity index (χ0) is 18.7. The highest BCUT2D eigenvalue weighted by Crippen LogP contribution is 2.25. The van der Waals surface area contributed by atoms with Gasteiger partial charge in [-0.15, -0.1) is 11.3 Å². The number of rotatable bonds is 4. The highest BCUT2D eigenvalue weighted by atomic mass is 35.5. The molecule has 6 heteroatoms. The molecule has 0 unspecified atom stereocenters. The van der Waals surface area contributed by atoms with E-state index >= 15 is 0 Å². The van der Waals surface area contributed by atoms with Gasteiger partial charge in [0.1, 0.15) is 5.01 Å². The second-order valence-electron chi connectivity index (χ2n) is 8.03. The highest BCUT2D eigenvalue weighted by Gasteiger charge is 2.25. The van der Waals surface area contributed by atoms with E-state index < -0.39 is 0 Å². The summed E-state index contributed by atoms with van der Waals surface area (Å²) in [6, 6.07) is 7.79. The van der Waals surface area contributed by atoms with E-state index in [1.165, 1.54) is 0 Å². The van der Waals surface area contributed by atoms with Gasteiger partial charge < -0.3 is 4.90 Å². The monoisotopic (exact) mass is 391 g/mol. The fourth-order valence-corrected chi connectivity index (χ4v) is 4.02. The average Bonchev–Trinajstić information content (AvgIpc) is 3.03. The first kappa shape index (κ1) is 19.3. The molecular weight excluding hydrogens is 366 g/mol. The molecule has 1 aromatic heterocycles. The number of aromatic nitrogens is 1. The van der Waals surface area contributed by atoms with Crippen LogP contribution in [0, 0.1) is 5.41 Å². The zero-order valence-corrected chi connectivity index (χ0v) is 17.2. The van der Waals surface area contributed by atoms with Gasteiger partial charge >= 0.3 is 0 Å². The number of amides is 1. The van der Waals surface area contributed by atoms with Crippen LogP contribution in [0.4, 0.5) is 0 Å². The quantitative estimate of drug-likeness (QED) is 0.767. The molecule has 26 heavy (non-hydrogen) atoms. The van der Waals surface area contributed by atoms with Gasteiger partial charge in [-0.3, -0.25) is 9.69 Å². The van der Waals surface area contributed by atoms with Crippen molar-refractivity contribution in [3.8, 4) is 11.3 Å². The minimum Gasteiger partial charge on any atom is -0.340 e. The van der Waals surface area contributed by atoms with Crippen LogP contribution in [-0.4, -0.2) is 46.9 Å². The van der Waals surface area contributed by atoms with Crippen molar-refractivity contribution in [1.82, 2.24) is 14.8 Å². The van der Waals surface area contributed by atoms with Crippen molar-refractivity contribution >= 4 is 28.8 Å². The first-order valence-corrected chi connectivity index (χ1v) is 10.3. The van der Waals surface area contributed by atoms with Crippen molar-refractivity contribution in [3.05, 3.63) is 39.7 Å². The molecule has 1 saturated heterocycles. The van der Waals surface area contributed by atoms with Crippen molar-refractivity contribution in [1.29, 1.82) is 0 Å². The lowest BCUT2D eigenvalue weighted by molar-refractivity contribution is -0.134. The predicted molar refractivity (Wildman–Crippen MR) is 108 cm³/mol. The number of carbonyl (C=O) groups is 1. The molecule has 1 aliphatic heterocycles. The van der Waals surface area contributed by atoms with E-state index in [1.807, 2.05) is 29.2 Å². The summed E-state index contributed by atoms with van der Waals surface area (Å²) < 4.78 is 0. The molecule has 0 aliphatic carbocycles. The Kier molecular flexibility index (Phi) is 6.00. The number of hydrogen-bond donors (Lipinski definition) is 0. The molecule has 4 nitrogen and oxygen atoms in total. The van der Waals surface area contributed by atoms with E-state index in [-0.39, 0.29) is 11.3 Å². The molecule has 1 aliphatic rings. The smallest absolute Gasteiger partial charge is 0.223 e. The molecule has 1 amide bonds. The summed E-state index contributed by atoms with van der Waals surface area (Å²) in [6.45, 7) is 10.6. The van der Waals surface area contributed by atoms with Crippen LogP contribution in [-0.2, 0) is 11.3 Å². The SMILES string of the molecule is CC(C)(C)CC(=O)N1CCN(Cc2nc(-c3ccc(Cl)cc3)cs2)CC1. The third-order valence-corrected chi connectivity index (χ3v) is 5.54. The highest BCUT2D eigenvalue weighted by molar-refractivity contribution is 7.09. The molecule has 140 valence electrons. The summed E-state index contributed by atoms with van der Waals surface area (Å²) in [4.78, 5) is 21.5. The molecule has 2 heterocycles. The lowest BCUT2D eigenvalue weighted by atomic mass is 9.91. The number of hydrogen-bond acceptors (Lipinski definition) is 4. The molecule has 0 N–H and O–H groups in total. The summed E-state index contributed by atoms with van der Waals surface area (Å²) in [6.07, 6.45) is 0.615. The summed E-state index contributed by atoms with van der Waals surface area (Å²) in [5.41, 5.74) is 2.14. The molecule has 2 aromatic rings. The largest absolute Gasteiger partial charge is 0.340 e. The van der Waals surface area contributed by atoms with Crippen LogP contribution in [0.25, 0.3) is 11.3 Å². The maximum atomic E-state index is 12.4. The Morgan fingerprint density at radius 3 is 2.42 bits per heavy atom. The van der Waals surface area contributed by atoms with Gasteiger partial charge in [0.2, 0.25) is 5.91 Å². The fourth-order valence-electron chi connectivity index (χ4n) is 3.05. The number of halogens is 1. The van der Waals surface area contributed by atoms with E-state index in [0.29, 0.717) is 6.42 Å². The van der Waals surface area contributed by atoms with Crippen LogP contribution in [0.2, 0.25) is 5.02 Å².